The zero-order chi connectivity index (χ0) is 21.5. The van der Waals surface area contributed by atoms with Crippen molar-refractivity contribution >= 4 is 29.1 Å². The van der Waals surface area contributed by atoms with E-state index in [0.717, 1.165) is 23.1 Å². The minimum absolute atomic E-state index is 0.0872. The van der Waals surface area contributed by atoms with Crippen LogP contribution in [0.3, 0.4) is 0 Å². The summed E-state index contributed by atoms with van der Waals surface area (Å²) in [5.74, 6) is 0.241. The summed E-state index contributed by atoms with van der Waals surface area (Å²) in [6.07, 6.45) is 0.913. The number of imide groups is 1. The predicted octanol–water partition coefficient (Wildman–Crippen LogP) is 1.68. The number of halogens is 3. The van der Waals surface area contributed by atoms with E-state index >= 15 is 0 Å². The van der Waals surface area contributed by atoms with Gasteiger partial charge in [0, 0.05) is 38.5 Å². The molecule has 2 amide bonds. The monoisotopic (exact) mass is 441 g/mol. The summed E-state index contributed by atoms with van der Waals surface area (Å²) in [5, 5.41) is 7.43. The summed E-state index contributed by atoms with van der Waals surface area (Å²) in [5.41, 5.74) is -0.877. The van der Waals surface area contributed by atoms with Crippen LogP contribution in [0.5, 0.6) is 0 Å². The van der Waals surface area contributed by atoms with Gasteiger partial charge >= 0.3 is 6.18 Å². The maximum Gasteiger partial charge on any atom is 0.434 e. The average Bonchev–Trinajstić information content (AvgIpc) is 3.46. The Bertz CT molecular complexity index is 867. The van der Waals surface area contributed by atoms with Crippen LogP contribution in [0.2, 0.25) is 0 Å². The quantitative estimate of drug-likeness (QED) is 0.304. The Balaban J connectivity index is 1.21. The lowest BCUT2D eigenvalue weighted by molar-refractivity contribution is -0.141. The normalized spacial score (nSPS) is 27.9. The highest BCUT2D eigenvalue weighted by molar-refractivity contribution is 7.09. The molecule has 2 aliphatic carbocycles. The molecule has 11 heteroatoms. The number of nitrogens with one attached hydrogen (secondary N) is 2. The Morgan fingerprint density at radius 1 is 1.20 bits per heavy atom. The van der Waals surface area contributed by atoms with Crippen molar-refractivity contribution in [3.05, 3.63) is 28.2 Å². The highest BCUT2D eigenvalue weighted by Gasteiger charge is 2.58. The molecule has 0 radical (unpaired) electrons. The first kappa shape index (κ1) is 20.8. The number of likely N-dealkylation sites (tertiary alicyclic amines) is 1. The lowest BCUT2D eigenvalue weighted by Crippen LogP contribution is -2.44. The van der Waals surface area contributed by atoms with Gasteiger partial charge in [0.25, 0.3) is 0 Å². The minimum atomic E-state index is -4.43. The largest absolute Gasteiger partial charge is 0.434 e. The molecule has 2 fully saturated rings. The SMILES string of the molecule is CN=C(NCCc1nc(C(F)(F)F)cs1)NCCN1C(=O)C2C3C=CC(C3)C2C1=O. The first-order valence-electron chi connectivity index (χ1n) is 9.79. The second-order valence-electron chi connectivity index (χ2n) is 7.63. The van der Waals surface area contributed by atoms with E-state index in [0.29, 0.717) is 30.5 Å². The van der Waals surface area contributed by atoms with E-state index < -0.39 is 11.9 Å². The molecule has 4 rings (SSSR count). The number of nitrogens with zero attached hydrogens (tertiary/aromatic N) is 3. The summed E-state index contributed by atoms with van der Waals surface area (Å²) in [6, 6.07) is 0. The lowest BCUT2D eigenvalue weighted by Gasteiger charge is -2.18. The van der Waals surface area contributed by atoms with Crippen molar-refractivity contribution in [1.29, 1.82) is 0 Å². The third-order valence-corrected chi connectivity index (χ3v) is 6.80. The Morgan fingerprint density at radius 3 is 2.40 bits per heavy atom. The molecule has 1 aliphatic heterocycles. The third kappa shape index (κ3) is 3.82. The number of hydrogen-bond donors (Lipinski definition) is 2. The Kier molecular flexibility index (Phi) is 5.56. The van der Waals surface area contributed by atoms with Gasteiger partial charge in [-0.25, -0.2) is 4.98 Å². The zero-order valence-electron chi connectivity index (χ0n) is 16.3. The van der Waals surface area contributed by atoms with Crippen LogP contribution < -0.4 is 10.6 Å². The third-order valence-electron chi connectivity index (χ3n) is 5.89. The van der Waals surface area contributed by atoms with Gasteiger partial charge in [-0.15, -0.1) is 11.3 Å². The molecule has 4 unspecified atom stereocenters. The van der Waals surface area contributed by atoms with E-state index in [-0.39, 0.29) is 42.0 Å². The lowest BCUT2D eigenvalue weighted by atomic mass is 9.85. The van der Waals surface area contributed by atoms with Gasteiger partial charge in [0.15, 0.2) is 11.7 Å². The van der Waals surface area contributed by atoms with E-state index in [1.54, 1.807) is 7.05 Å². The molecule has 30 heavy (non-hydrogen) atoms. The second kappa shape index (κ2) is 8.01. The number of carbonyl (C=O) groups is 2. The number of aromatic nitrogens is 1. The van der Waals surface area contributed by atoms with E-state index in [9.17, 15) is 22.8 Å². The molecule has 4 atom stereocenters. The maximum absolute atomic E-state index is 12.6. The summed E-state index contributed by atoms with van der Waals surface area (Å²) >= 11 is 0.966. The number of thiazole rings is 1. The predicted molar refractivity (Wildman–Crippen MR) is 105 cm³/mol. The van der Waals surface area contributed by atoms with Crippen LogP contribution in [-0.4, -0.2) is 54.3 Å². The number of allylic oxidation sites excluding steroid dienone is 2. The molecule has 162 valence electrons. The van der Waals surface area contributed by atoms with Gasteiger partial charge in [-0.2, -0.15) is 13.2 Å². The van der Waals surface area contributed by atoms with Crippen LogP contribution >= 0.6 is 11.3 Å². The van der Waals surface area contributed by atoms with Crippen LogP contribution in [0.1, 0.15) is 17.1 Å². The molecule has 2 heterocycles. The molecule has 2 N–H and O–H groups in total. The van der Waals surface area contributed by atoms with Crippen molar-refractivity contribution in [2.75, 3.05) is 26.7 Å². The fourth-order valence-corrected chi connectivity index (χ4v) is 5.34. The Morgan fingerprint density at radius 2 is 1.83 bits per heavy atom. The first-order valence-corrected chi connectivity index (χ1v) is 10.7. The van der Waals surface area contributed by atoms with E-state index in [4.69, 9.17) is 0 Å². The topological polar surface area (TPSA) is 86.7 Å². The molecule has 0 spiro atoms. The van der Waals surface area contributed by atoms with Gasteiger partial charge in [-0.05, 0) is 18.3 Å². The average molecular weight is 441 g/mol. The van der Waals surface area contributed by atoms with Crippen LogP contribution in [0.15, 0.2) is 22.5 Å². The fraction of sp³-hybridized carbons (Fsp3) is 0.579. The zero-order valence-corrected chi connectivity index (χ0v) is 17.1. The van der Waals surface area contributed by atoms with Crippen molar-refractivity contribution in [2.24, 2.45) is 28.7 Å². The van der Waals surface area contributed by atoms with Gasteiger partial charge in [0.2, 0.25) is 11.8 Å². The van der Waals surface area contributed by atoms with Gasteiger partial charge < -0.3 is 10.6 Å². The molecule has 0 aromatic carbocycles. The maximum atomic E-state index is 12.6. The summed E-state index contributed by atoms with van der Waals surface area (Å²) < 4.78 is 37.8. The summed E-state index contributed by atoms with van der Waals surface area (Å²) in [7, 11) is 1.57. The number of alkyl halides is 3. The number of amides is 2. The molecule has 2 bridgehead atoms. The van der Waals surface area contributed by atoms with Crippen LogP contribution in [0, 0.1) is 23.7 Å². The van der Waals surface area contributed by atoms with Crippen molar-refractivity contribution in [1.82, 2.24) is 20.5 Å². The number of hydrogen-bond acceptors (Lipinski definition) is 5. The standard InChI is InChI=1S/C19H22F3N5O2S/c1-23-18(24-5-4-13-26-12(9-30-13)19(20,21)22)25-6-7-27-16(28)14-10-2-3-11(8-10)15(14)17(27)29/h2-3,9-11,14-15H,4-8H2,1H3,(H2,23,24,25). The van der Waals surface area contributed by atoms with Crippen LogP contribution in [0.4, 0.5) is 13.2 Å². The molecule has 7 nitrogen and oxygen atoms in total. The number of aliphatic imine (C=N–C) groups is 1. The minimum Gasteiger partial charge on any atom is -0.356 e. The van der Waals surface area contributed by atoms with Gasteiger partial charge in [0.05, 0.1) is 16.8 Å². The molecular formula is C19H22F3N5O2S. The molecule has 1 saturated heterocycles. The Labute approximate surface area is 175 Å². The summed E-state index contributed by atoms with van der Waals surface area (Å²) in [4.78, 5) is 34.3. The fourth-order valence-electron chi connectivity index (χ4n) is 4.53. The van der Waals surface area contributed by atoms with Crippen molar-refractivity contribution in [3.63, 3.8) is 0 Å². The van der Waals surface area contributed by atoms with E-state index in [1.807, 2.05) is 0 Å². The molecular weight excluding hydrogens is 419 g/mol. The van der Waals surface area contributed by atoms with E-state index in [1.165, 1.54) is 4.90 Å². The number of guanidine groups is 1. The van der Waals surface area contributed by atoms with Crippen LogP contribution in [0.25, 0.3) is 0 Å². The molecule has 1 aromatic rings. The van der Waals surface area contributed by atoms with Gasteiger partial charge in [-0.1, -0.05) is 12.2 Å². The second-order valence-corrected chi connectivity index (χ2v) is 8.57. The van der Waals surface area contributed by atoms with Crippen molar-refractivity contribution in [2.45, 2.75) is 19.0 Å². The Hall–Kier alpha value is -2.43. The van der Waals surface area contributed by atoms with Crippen LogP contribution in [-0.2, 0) is 22.2 Å². The molecule has 1 saturated carbocycles. The highest BCUT2D eigenvalue weighted by Crippen LogP contribution is 2.52. The van der Waals surface area contributed by atoms with Gasteiger partial charge in [-0.3, -0.25) is 19.5 Å². The smallest absolute Gasteiger partial charge is 0.356 e. The molecule has 1 aromatic heterocycles. The first-order chi connectivity index (χ1) is 14.3. The number of carbonyl (C=O) groups excluding carboxylic acids is 2. The number of fused-ring (bicyclic) bond motifs is 5. The summed E-state index contributed by atoms with van der Waals surface area (Å²) in [6.45, 7) is 0.951. The van der Waals surface area contributed by atoms with Crippen molar-refractivity contribution in [3.8, 4) is 0 Å². The molecule has 3 aliphatic rings. The van der Waals surface area contributed by atoms with E-state index in [2.05, 4.69) is 32.8 Å². The highest BCUT2D eigenvalue weighted by atomic mass is 32.1. The van der Waals surface area contributed by atoms with Gasteiger partial charge in [0.1, 0.15) is 0 Å². The number of rotatable bonds is 6. The van der Waals surface area contributed by atoms with Crippen molar-refractivity contribution < 1.29 is 22.8 Å².